The maximum Gasteiger partial charge on any atom is 0.410 e. The number of carbonyl (C=O) groups excluding carboxylic acids is 1. The normalized spacial score (nSPS) is 21.4. The van der Waals surface area contributed by atoms with Gasteiger partial charge in [0.1, 0.15) is 22.9 Å². The number of aromatic nitrogens is 2. The smallest absolute Gasteiger partial charge is 0.410 e. The molecule has 1 amide bonds. The van der Waals surface area contributed by atoms with Crippen molar-refractivity contribution in [1.82, 2.24) is 19.8 Å². The van der Waals surface area contributed by atoms with E-state index in [9.17, 15) is 4.79 Å². The van der Waals surface area contributed by atoms with Gasteiger partial charge in [-0.1, -0.05) is 0 Å². The lowest BCUT2D eigenvalue weighted by Crippen LogP contribution is -2.60. The van der Waals surface area contributed by atoms with Crippen LogP contribution in [0.3, 0.4) is 0 Å². The van der Waals surface area contributed by atoms with E-state index < -0.39 is 5.60 Å². The number of hydrogen-bond acceptors (Lipinski definition) is 8. The Bertz CT molecular complexity index is 877. The van der Waals surface area contributed by atoms with Crippen LogP contribution in [0.15, 0.2) is 6.07 Å². The van der Waals surface area contributed by atoms with Gasteiger partial charge in [0.2, 0.25) is 5.95 Å². The van der Waals surface area contributed by atoms with Gasteiger partial charge in [0.25, 0.3) is 0 Å². The molecule has 0 saturated carbocycles. The predicted octanol–water partition coefficient (Wildman–Crippen LogP) is 1.35. The second-order valence-corrected chi connectivity index (χ2v) is 10.5. The lowest BCUT2D eigenvalue weighted by molar-refractivity contribution is -0.0266. The van der Waals surface area contributed by atoms with E-state index >= 15 is 0 Å². The van der Waals surface area contributed by atoms with Crippen LogP contribution in [0.2, 0.25) is 0 Å². The molecule has 32 heavy (non-hydrogen) atoms. The number of likely N-dealkylation sites (N-methyl/N-ethyl adjacent to an activating group) is 1. The third-order valence-electron chi connectivity index (χ3n) is 6.45. The molecule has 176 valence electrons. The maximum atomic E-state index is 12.3. The van der Waals surface area contributed by atoms with E-state index in [1.54, 1.807) is 4.90 Å². The van der Waals surface area contributed by atoms with Crippen LogP contribution in [0.1, 0.15) is 39.3 Å². The summed E-state index contributed by atoms with van der Waals surface area (Å²) in [5, 5.41) is 7.94. The Balaban J connectivity index is 1.46. The molecule has 1 spiro atoms. The monoisotopic (exact) mass is 444 g/mol. The quantitative estimate of drug-likeness (QED) is 0.530. The van der Waals surface area contributed by atoms with E-state index in [1.165, 1.54) is 0 Å². The van der Waals surface area contributed by atoms with E-state index in [4.69, 9.17) is 20.9 Å². The summed E-state index contributed by atoms with van der Waals surface area (Å²) < 4.78 is 5.50. The van der Waals surface area contributed by atoms with Crippen LogP contribution in [0, 0.1) is 10.8 Å². The van der Waals surface area contributed by atoms with Crippen molar-refractivity contribution in [1.29, 1.82) is 5.41 Å². The summed E-state index contributed by atoms with van der Waals surface area (Å²) >= 11 is 0. The molecule has 3 N–H and O–H groups in total. The summed E-state index contributed by atoms with van der Waals surface area (Å²) in [6.45, 7) is 12.5. The van der Waals surface area contributed by atoms with E-state index in [0.29, 0.717) is 24.7 Å². The number of nitrogens with zero attached hydrogens (tertiary/aromatic N) is 6. The predicted molar refractivity (Wildman–Crippen MR) is 124 cm³/mol. The van der Waals surface area contributed by atoms with Gasteiger partial charge in [-0.15, -0.1) is 0 Å². The molecule has 10 heteroatoms. The van der Waals surface area contributed by atoms with Crippen LogP contribution < -0.4 is 15.5 Å². The lowest BCUT2D eigenvalue weighted by atomic mass is 9.79. The number of nitrogens with one attached hydrogen (secondary N) is 1. The standard InChI is InChI=1S/C22H36N8O2/c1-21(2,3)32-20(31)30-14-22(15-30)6-9-29(13-22)17-12-16(18(23)24)25-19(26-17)28-8-5-7-27(4)10-11-28/h12H,5-11,13-15H2,1-4H3,(H3,23,24). The maximum absolute atomic E-state index is 12.3. The number of amidine groups is 1. The molecule has 4 heterocycles. The van der Waals surface area contributed by atoms with Gasteiger partial charge in [-0.05, 0) is 47.2 Å². The van der Waals surface area contributed by atoms with Gasteiger partial charge in [0.05, 0.1) is 0 Å². The molecule has 3 aliphatic rings. The highest BCUT2D eigenvalue weighted by atomic mass is 16.6. The molecule has 0 unspecified atom stereocenters. The van der Waals surface area contributed by atoms with Crippen molar-refractivity contribution >= 4 is 23.7 Å². The minimum atomic E-state index is -0.482. The Morgan fingerprint density at radius 1 is 1.09 bits per heavy atom. The fourth-order valence-corrected chi connectivity index (χ4v) is 4.72. The molecular weight excluding hydrogens is 408 g/mol. The van der Waals surface area contributed by atoms with Gasteiger partial charge in [0, 0.05) is 57.3 Å². The number of nitrogen functional groups attached to an aromatic ring is 1. The van der Waals surface area contributed by atoms with Gasteiger partial charge < -0.3 is 30.1 Å². The molecule has 0 aromatic carbocycles. The van der Waals surface area contributed by atoms with Crippen LogP contribution in [0.4, 0.5) is 16.6 Å². The molecule has 3 saturated heterocycles. The fourth-order valence-electron chi connectivity index (χ4n) is 4.72. The summed E-state index contributed by atoms with van der Waals surface area (Å²) in [4.78, 5) is 30.3. The second kappa shape index (κ2) is 8.38. The lowest BCUT2D eigenvalue weighted by Gasteiger charge is -2.47. The molecule has 0 atom stereocenters. The van der Waals surface area contributed by atoms with E-state index in [2.05, 4.69) is 26.7 Å². The topological polar surface area (TPSA) is 115 Å². The molecule has 4 rings (SSSR count). The minimum absolute atomic E-state index is 0.0458. The van der Waals surface area contributed by atoms with E-state index in [-0.39, 0.29) is 17.3 Å². The SMILES string of the molecule is CN1CCCN(c2nc(C(=N)N)cc(N3CCC4(CN(C(=O)OC(C)(C)C)C4)C3)n2)CC1. The summed E-state index contributed by atoms with van der Waals surface area (Å²) in [6, 6.07) is 1.82. The molecule has 0 radical (unpaired) electrons. The van der Waals surface area contributed by atoms with Crippen LogP contribution in [0.25, 0.3) is 0 Å². The number of rotatable bonds is 3. The zero-order chi connectivity index (χ0) is 23.1. The first-order valence-electron chi connectivity index (χ1n) is 11.4. The number of carbonyl (C=O) groups is 1. The third-order valence-corrected chi connectivity index (χ3v) is 6.45. The van der Waals surface area contributed by atoms with Crippen molar-refractivity contribution in [2.75, 3.05) is 69.2 Å². The van der Waals surface area contributed by atoms with Crippen molar-refractivity contribution in [2.45, 2.75) is 39.2 Å². The van der Waals surface area contributed by atoms with Gasteiger partial charge in [-0.2, -0.15) is 4.98 Å². The first-order chi connectivity index (χ1) is 15.0. The fraction of sp³-hybridized carbons (Fsp3) is 0.727. The van der Waals surface area contributed by atoms with Crippen molar-refractivity contribution in [3.63, 3.8) is 0 Å². The number of ether oxygens (including phenoxy) is 1. The highest BCUT2D eigenvalue weighted by molar-refractivity contribution is 5.94. The van der Waals surface area contributed by atoms with Crippen LogP contribution in [0.5, 0.6) is 0 Å². The molecule has 3 aliphatic heterocycles. The first kappa shape index (κ1) is 22.6. The Morgan fingerprint density at radius 3 is 2.53 bits per heavy atom. The second-order valence-electron chi connectivity index (χ2n) is 10.5. The highest BCUT2D eigenvalue weighted by Crippen LogP contribution is 2.41. The Labute approximate surface area is 190 Å². The average Bonchev–Trinajstić information content (AvgIpc) is 3.02. The average molecular weight is 445 g/mol. The summed E-state index contributed by atoms with van der Waals surface area (Å²) in [5.74, 6) is 1.41. The highest BCUT2D eigenvalue weighted by Gasteiger charge is 2.50. The van der Waals surface area contributed by atoms with Gasteiger partial charge >= 0.3 is 6.09 Å². The van der Waals surface area contributed by atoms with Gasteiger partial charge in [-0.25, -0.2) is 9.78 Å². The Kier molecular flexibility index (Phi) is 5.91. The van der Waals surface area contributed by atoms with Crippen molar-refractivity contribution in [3.8, 4) is 0 Å². The zero-order valence-electron chi connectivity index (χ0n) is 19.7. The van der Waals surface area contributed by atoms with Crippen LogP contribution in [-0.4, -0.2) is 96.7 Å². The van der Waals surface area contributed by atoms with Gasteiger partial charge in [0.15, 0.2) is 0 Å². The van der Waals surface area contributed by atoms with Crippen molar-refractivity contribution in [2.24, 2.45) is 11.1 Å². The first-order valence-corrected chi connectivity index (χ1v) is 11.4. The van der Waals surface area contributed by atoms with Crippen LogP contribution in [-0.2, 0) is 4.74 Å². The Hall–Kier alpha value is -2.62. The molecule has 0 aliphatic carbocycles. The van der Waals surface area contributed by atoms with Crippen molar-refractivity contribution < 1.29 is 9.53 Å². The van der Waals surface area contributed by atoms with E-state index in [0.717, 1.165) is 57.9 Å². The Morgan fingerprint density at radius 2 is 1.84 bits per heavy atom. The molecule has 1 aromatic heterocycles. The number of amides is 1. The van der Waals surface area contributed by atoms with Gasteiger partial charge in [-0.3, -0.25) is 5.41 Å². The zero-order valence-corrected chi connectivity index (χ0v) is 19.7. The number of likely N-dealkylation sites (tertiary alicyclic amines) is 1. The molecule has 3 fully saturated rings. The van der Waals surface area contributed by atoms with E-state index in [1.807, 2.05) is 26.8 Å². The summed E-state index contributed by atoms with van der Waals surface area (Å²) in [5.41, 5.74) is 5.87. The number of hydrogen-bond donors (Lipinski definition) is 2. The molecular formula is C22H36N8O2. The van der Waals surface area contributed by atoms with Crippen LogP contribution >= 0.6 is 0 Å². The molecule has 1 aromatic rings. The number of anilines is 2. The summed E-state index contributed by atoms with van der Waals surface area (Å²) in [6.07, 6.45) is 1.80. The molecule has 10 nitrogen and oxygen atoms in total. The number of nitrogens with two attached hydrogens (primary N) is 1. The minimum Gasteiger partial charge on any atom is -0.444 e. The van der Waals surface area contributed by atoms with Crippen molar-refractivity contribution in [3.05, 3.63) is 11.8 Å². The molecule has 0 bridgehead atoms. The largest absolute Gasteiger partial charge is 0.444 e. The summed E-state index contributed by atoms with van der Waals surface area (Å²) in [7, 11) is 2.13. The third kappa shape index (κ3) is 4.90.